The predicted molar refractivity (Wildman–Crippen MR) is 90.2 cm³/mol. The van der Waals surface area contributed by atoms with Gasteiger partial charge in [0.15, 0.2) is 14.6 Å². The molecule has 0 aromatic heterocycles. The quantitative estimate of drug-likeness (QED) is 0.624. The first-order valence-electron chi connectivity index (χ1n) is 7.25. The van der Waals surface area contributed by atoms with Gasteiger partial charge in [-0.1, -0.05) is 42.5 Å². The van der Waals surface area contributed by atoms with Crippen molar-refractivity contribution in [2.75, 3.05) is 6.26 Å². The fourth-order valence-electron chi connectivity index (χ4n) is 1.89. The van der Waals surface area contributed by atoms with Crippen LogP contribution in [0.25, 0.3) is 0 Å². The summed E-state index contributed by atoms with van der Waals surface area (Å²) >= 11 is 0. The summed E-state index contributed by atoms with van der Waals surface area (Å²) in [6.45, 7) is 2.68. The molecular formula is C18H20O4S. The average Bonchev–Trinajstić information content (AvgIpc) is 2.49. The van der Waals surface area contributed by atoms with E-state index < -0.39 is 20.6 Å². The minimum atomic E-state index is -3.55. The molecule has 5 heteroatoms. The Balaban J connectivity index is 2.07. The zero-order valence-corrected chi connectivity index (χ0v) is 14.3. The molecule has 0 aliphatic rings. The summed E-state index contributed by atoms with van der Waals surface area (Å²) in [6, 6.07) is 17.1. The van der Waals surface area contributed by atoms with Crippen molar-refractivity contribution < 1.29 is 17.9 Å². The van der Waals surface area contributed by atoms with E-state index in [0.29, 0.717) is 5.75 Å². The van der Waals surface area contributed by atoms with E-state index in [0.717, 1.165) is 18.2 Å². The van der Waals surface area contributed by atoms with E-state index in [1.165, 1.54) is 19.4 Å². The van der Waals surface area contributed by atoms with Crippen LogP contribution in [0.4, 0.5) is 0 Å². The van der Waals surface area contributed by atoms with E-state index in [4.69, 9.17) is 4.74 Å². The van der Waals surface area contributed by atoms with Crippen LogP contribution in [0.5, 0.6) is 5.75 Å². The zero-order chi connectivity index (χ0) is 17.1. The minimum absolute atomic E-state index is 0.337. The van der Waals surface area contributed by atoms with E-state index in [2.05, 4.69) is 0 Å². The number of ether oxygens (including phenoxy) is 1. The van der Waals surface area contributed by atoms with Crippen LogP contribution < -0.4 is 4.74 Å². The van der Waals surface area contributed by atoms with Crippen molar-refractivity contribution >= 4 is 15.8 Å². The van der Waals surface area contributed by atoms with Crippen LogP contribution in [0.15, 0.2) is 54.6 Å². The molecule has 0 saturated carbocycles. The number of sulfone groups is 1. The van der Waals surface area contributed by atoms with Crippen LogP contribution in [0.2, 0.25) is 0 Å². The lowest BCUT2D eigenvalue weighted by atomic mass is 10.1. The summed E-state index contributed by atoms with van der Waals surface area (Å²) in [5.74, 6) is -0.445. The van der Waals surface area contributed by atoms with Crippen molar-refractivity contribution in [2.24, 2.45) is 0 Å². The Morgan fingerprint density at radius 3 is 2.00 bits per heavy atom. The van der Waals surface area contributed by atoms with Crippen LogP contribution in [0.1, 0.15) is 25.0 Å². The maximum Gasteiger partial charge on any atom is 0.332 e. The van der Waals surface area contributed by atoms with Gasteiger partial charge in [0, 0.05) is 6.26 Å². The summed E-state index contributed by atoms with van der Waals surface area (Å²) in [4.78, 5) is 12.1. The molecule has 0 fully saturated rings. The van der Waals surface area contributed by atoms with Gasteiger partial charge in [-0.3, -0.25) is 0 Å². The van der Waals surface area contributed by atoms with Crippen molar-refractivity contribution in [3.05, 3.63) is 65.7 Å². The highest BCUT2D eigenvalue weighted by molar-refractivity contribution is 7.92. The first-order chi connectivity index (χ1) is 10.7. The lowest BCUT2D eigenvalue weighted by Crippen LogP contribution is -2.42. The van der Waals surface area contributed by atoms with Crippen LogP contribution in [-0.4, -0.2) is 25.4 Å². The molecule has 0 amide bonds. The number of carbonyl (C=O) groups is 1. The van der Waals surface area contributed by atoms with Crippen LogP contribution in [-0.2, 0) is 21.1 Å². The summed E-state index contributed by atoms with van der Waals surface area (Å²) in [7, 11) is -3.55. The third-order valence-corrected chi connectivity index (χ3v) is 5.82. The number of carbonyl (C=O) groups excluding carboxylic acids is 1. The number of hydrogen-bond donors (Lipinski definition) is 0. The Labute approximate surface area is 137 Å². The van der Waals surface area contributed by atoms with Gasteiger partial charge in [-0.2, -0.15) is 0 Å². The molecule has 0 N–H and O–H groups in total. The van der Waals surface area contributed by atoms with Gasteiger partial charge in [-0.25, -0.2) is 13.2 Å². The predicted octanol–water partition coefficient (Wildman–Crippen LogP) is 3.01. The summed E-state index contributed by atoms with van der Waals surface area (Å²) in [5.41, 5.74) is 2.27. The molecule has 0 aliphatic heterocycles. The van der Waals surface area contributed by atoms with Gasteiger partial charge in [0.25, 0.3) is 0 Å². The number of hydrogen-bond acceptors (Lipinski definition) is 4. The van der Waals surface area contributed by atoms with Gasteiger partial charge in [0.1, 0.15) is 5.75 Å². The van der Waals surface area contributed by atoms with Gasteiger partial charge in [0.2, 0.25) is 0 Å². The van der Waals surface area contributed by atoms with Gasteiger partial charge in [0.05, 0.1) is 0 Å². The highest BCUT2D eigenvalue weighted by Gasteiger charge is 2.40. The molecule has 0 heterocycles. The molecule has 2 rings (SSSR count). The largest absolute Gasteiger partial charge is 0.425 e. The Morgan fingerprint density at radius 2 is 1.48 bits per heavy atom. The Morgan fingerprint density at radius 1 is 0.957 bits per heavy atom. The summed E-state index contributed by atoms with van der Waals surface area (Å²) in [6.07, 6.45) is 1.81. The maximum atomic E-state index is 12.1. The van der Waals surface area contributed by atoms with Crippen molar-refractivity contribution in [3.8, 4) is 5.75 Å². The molecule has 0 aliphatic carbocycles. The standard InChI is InChI=1S/C18H20O4S/c1-18(2,23(3,20)21)17(19)22-16-11-9-15(10-12-16)13-14-7-5-4-6-8-14/h4-12H,13H2,1-3H3. The van der Waals surface area contributed by atoms with Crippen LogP contribution in [0.3, 0.4) is 0 Å². The first kappa shape index (κ1) is 17.2. The molecule has 0 saturated heterocycles. The Kier molecular flexibility index (Phi) is 4.90. The second-order valence-corrected chi connectivity index (χ2v) is 8.54. The molecule has 122 valence electrons. The van der Waals surface area contributed by atoms with Crippen molar-refractivity contribution in [1.29, 1.82) is 0 Å². The average molecular weight is 332 g/mol. The van der Waals surface area contributed by atoms with Crippen LogP contribution in [0, 0.1) is 0 Å². The number of esters is 1. The normalized spacial score (nSPS) is 12.0. The van der Waals surface area contributed by atoms with Crippen molar-refractivity contribution in [1.82, 2.24) is 0 Å². The molecular weight excluding hydrogens is 312 g/mol. The second-order valence-electron chi connectivity index (χ2n) is 5.98. The monoisotopic (exact) mass is 332 g/mol. The van der Waals surface area contributed by atoms with Gasteiger partial charge in [-0.05, 0) is 43.5 Å². The molecule has 2 aromatic carbocycles. The third-order valence-electron chi connectivity index (χ3n) is 3.80. The Hall–Kier alpha value is -2.14. The van der Waals surface area contributed by atoms with Gasteiger partial charge in [-0.15, -0.1) is 0 Å². The molecule has 0 bridgehead atoms. The molecule has 2 aromatic rings. The summed E-state index contributed by atoms with van der Waals surface area (Å²) < 4.78 is 26.9. The molecule has 23 heavy (non-hydrogen) atoms. The van der Waals surface area contributed by atoms with Gasteiger partial charge >= 0.3 is 5.97 Å². The smallest absolute Gasteiger partial charge is 0.332 e. The van der Waals surface area contributed by atoms with Crippen molar-refractivity contribution in [2.45, 2.75) is 25.0 Å². The molecule has 0 radical (unpaired) electrons. The van der Waals surface area contributed by atoms with E-state index >= 15 is 0 Å². The third kappa shape index (κ3) is 4.20. The topological polar surface area (TPSA) is 60.4 Å². The van der Waals surface area contributed by atoms with Crippen molar-refractivity contribution in [3.63, 3.8) is 0 Å². The SMILES string of the molecule is CC(C)(C(=O)Oc1ccc(Cc2ccccc2)cc1)S(C)(=O)=O. The van der Waals surface area contributed by atoms with E-state index in [9.17, 15) is 13.2 Å². The molecule has 0 spiro atoms. The minimum Gasteiger partial charge on any atom is -0.425 e. The fraction of sp³-hybridized carbons (Fsp3) is 0.278. The molecule has 0 atom stereocenters. The molecule has 4 nitrogen and oxygen atoms in total. The maximum absolute atomic E-state index is 12.1. The lowest BCUT2D eigenvalue weighted by molar-refractivity contribution is -0.136. The van der Waals surface area contributed by atoms with Gasteiger partial charge < -0.3 is 4.74 Å². The van der Waals surface area contributed by atoms with E-state index in [1.807, 2.05) is 42.5 Å². The molecule has 0 unspecified atom stereocenters. The fourth-order valence-corrected chi connectivity index (χ4v) is 2.23. The number of benzene rings is 2. The highest BCUT2D eigenvalue weighted by atomic mass is 32.2. The number of rotatable bonds is 5. The lowest BCUT2D eigenvalue weighted by Gasteiger charge is -2.20. The van der Waals surface area contributed by atoms with Crippen LogP contribution >= 0.6 is 0 Å². The second kappa shape index (κ2) is 6.54. The Bertz CT molecular complexity index is 776. The van der Waals surface area contributed by atoms with E-state index in [1.54, 1.807) is 12.1 Å². The first-order valence-corrected chi connectivity index (χ1v) is 9.14. The summed E-state index contributed by atoms with van der Waals surface area (Å²) in [5, 5.41) is 0. The van der Waals surface area contributed by atoms with E-state index in [-0.39, 0.29) is 0 Å². The zero-order valence-electron chi connectivity index (χ0n) is 13.4. The highest BCUT2D eigenvalue weighted by Crippen LogP contribution is 2.21.